The van der Waals surface area contributed by atoms with Gasteiger partial charge >= 0.3 is 12.1 Å². The molecule has 3 aliphatic heterocycles. The van der Waals surface area contributed by atoms with E-state index in [0.717, 1.165) is 25.9 Å². The van der Waals surface area contributed by atoms with Crippen molar-refractivity contribution in [3.05, 3.63) is 52.5 Å². The number of nitrogens with zero attached hydrogens (tertiary/aromatic N) is 2. The topological polar surface area (TPSA) is 94.6 Å². The second kappa shape index (κ2) is 9.84. The highest BCUT2D eigenvalue weighted by molar-refractivity contribution is 7.11. The van der Waals surface area contributed by atoms with Gasteiger partial charge in [-0.3, -0.25) is 4.79 Å². The molecule has 182 valence electrons. The smallest absolute Gasteiger partial charge is 0.408 e. The third-order valence-electron chi connectivity index (χ3n) is 6.49. The lowest BCUT2D eigenvalue weighted by atomic mass is 9.83. The molecule has 0 aliphatic carbocycles. The standard InChI is InChI=1S/C25H31N3O5S/c1-25(2,3)33-24(31)27-21(18-7-5-4-6-8-18)23(30)32-20-16-28(12-9-17(20)10-13-28)15-19(29)22-26-11-14-34-22/h4-8,11,14,17,20-21H,9-10,12-13,15-16H2,1-3H3/p+1/t17?,20-,21?,28?/m0/s1. The van der Waals surface area contributed by atoms with Crippen molar-refractivity contribution in [1.29, 1.82) is 0 Å². The van der Waals surface area contributed by atoms with E-state index in [0.29, 0.717) is 28.1 Å². The Hall–Kier alpha value is -2.78. The third-order valence-corrected chi connectivity index (χ3v) is 7.30. The Labute approximate surface area is 203 Å². The van der Waals surface area contributed by atoms with Gasteiger partial charge in [-0.25, -0.2) is 14.6 Å². The Morgan fingerprint density at radius 3 is 2.50 bits per heavy atom. The van der Waals surface area contributed by atoms with Gasteiger partial charge in [0.25, 0.3) is 0 Å². The van der Waals surface area contributed by atoms with Crippen molar-refractivity contribution in [3.8, 4) is 0 Å². The van der Waals surface area contributed by atoms with Crippen molar-refractivity contribution in [1.82, 2.24) is 10.3 Å². The molecule has 9 heteroatoms. The van der Waals surface area contributed by atoms with Crippen molar-refractivity contribution in [2.24, 2.45) is 5.92 Å². The number of thiazole rings is 1. The summed E-state index contributed by atoms with van der Waals surface area (Å²) in [6.07, 6.45) is 2.47. The van der Waals surface area contributed by atoms with E-state index in [9.17, 15) is 14.4 Å². The molecule has 2 aromatic rings. The summed E-state index contributed by atoms with van der Waals surface area (Å²) in [6, 6.07) is 8.05. The van der Waals surface area contributed by atoms with Gasteiger partial charge in [0, 0.05) is 30.3 Å². The lowest BCUT2D eigenvalue weighted by Crippen LogP contribution is -2.66. The normalized spacial score (nSPS) is 24.8. The summed E-state index contributed by atoms with van der Waals surface area (Å²) in [4.78, 5) is 42.7. The fourth-order valence-corrected chi connectivity index (χ4v) is 5.45. The van der Waals surface area contributed by atoms with Gasteiger partial charge < -0.3 is 19.3 Å². The van der Waals surface area contributed by atoms with E-state index >= 15 is 0 Å². The maximum absolute atomic E-state index is 13.3. The van der Waals surface area contributed by atoms with Crippen LogP contribution in [-0.2, 0) is 14.3 Å². The summed E-state index contributed by atoms with van der Waals surface area (Å²) in [7, 11) is 0. The number of ether oxygens (including phenoxy) is 2. The second-order valence-corrected chi connectivity index (χ2v) is 11.1. The average molecular weight is 487 g/mol. The van der Waals surface area contributed by atoms with Crippen LogP contribution in [0.4, 0.5) is 4.79 Å². The van der Waals surface area contributed by atoms with Gasteiger partial charge in [-0.15, -0.1) is 11.3 Å². The highest BCUT2D eigenvalue weighted by Crippen LogP contribution is 2.36. The number of esters is 1. The minimum absolute atomic E-state index is 0.0363. The molecule has 1 amide bonds. The molecular weight excluding hydrogens is 454 g/mol. The molecule has 2 atom stereocenters. The summed E-state index contributed by atoms with van der Waals surface area (Å²) in [5.74, 6) is -0.216. The number of hydrogen-bond donors (Lipinski definition) is 1. The Kier molecular flexibility index (Phi) is 7.04. The number of quaternary nitrogens is 1. The van der Waals surface area contributed by atoms with E-state index in [2.05, 4.69) is 10.3 Å². The number of alkyl carbamates (subject to hydrolysis) is 1. The van der Waals surface area contributed by atoms with Gasteiger partial charge in [0.05, 0.1) is 13.1 Å². The van der Waals surface area contributed by atoms with Crippen LogP contribution < -0.4 is 5.32 Å². The molecule has 1 aromatic carbocycles. The van der Waals surface area contributed by atoms with Gasteiger partial charge in [0.15, 0.2) is 17.2 Å². The predicted octanol–water partition coefficient (Wildman–Crippen LogP) is 3.74. The van der Waals surface area contributed by atoms with Crippen LogP contribution in [0, 0.1) is 5.92 Å². The highest BCUT2D eigenvalue weighted by atomic mass is 32.1. The van der Waals surface area contributed by atoms with Crippen molar-refractivity contribution >= 4 is 29.2 Å². The van der Waals surface area contributed by atoms with E-state index in [-0.39, 0.29) is 17.8 Å². The van der Waals surface area contributed by atoms with E-state index in [1.165, 1.54) is 11.3 Å². The number of fused-ring (bicyclic) bond motifs is 3. The molecule has 0 spiro atoms. The molecule has 3 aliphatic rings. The number of rotatable bonds is 7. The Bertz CT molecular complexity index is 1010. The molecule has 8 nitrogen and oxygen atoms in total. The summed E-state index contributed by atoms with van der Waals surface area (Å²) in [6.45, 7) is 8.07. The van der Waals surface area contributed by atoms with Crippen LogP contribution in [0.3, 0.4) is 0 Å². The Morgan fingerprint density at radius 1 is 1.18 bits per heavy atom. The van der Waals surface area contributed by atoms with Crippen LogP contribution >= 0.6 is 11.3 Å². The molecule has 0 saturated carbocycles. The number of ketones is 1. The van der Waals surface area contributed by atoms with Crippen LogP contribution in [0.1, 0.15) is 55.0 Å². The zero-order chi connectivity index (χ0) is 24.3. The molecule has 1 N–H and O–H groups in total. The van der Waals surface area contributed by atoms with E-state index in [1.807, 2.05) is 23.6 Å². The first-order chi connectivity index (χ1) is 16.1. The zero-order valence-electron chi connectivity index (χ0n) is 19.9. The van der Waals surface area contributed by atoms with E-state index < -0.39 is 23.7 Å². The zero-order valence-corrected chi connectivity index (χ0v) is 20.7. The second-order valence-electron chi connectivity index (χ2n) is 10.2. The number of nitrogens with one attached hydrogen (secondary N) is 1. The van der Waals surface area contributed by atoms with Crippen molar-refractivity contribution in [2.45, 2.75) is 51.4 Å². The molecule has 4 heterocycles. The lowest BCUT2D eigenvalue weighted by Gasteiger charge is -2.51. The van der Waals surface area contributed by atoms with Crippen LogP contribution in [0.15, 0.2) is 41.9 Å². The van der Waals surface area contributed by atoms with Crippen molar-refractivity contribution < 1.29 is 28.3 Å². The number of aromatic nitrogens is 1. The molecule has 5 rings (SSSR count). The maximum Gasteiger partial charge on any atom is 0.408 e. The first-order valence-electron chi connectivity index (χ1n) is 11.7. The number of carbonyl (C=O) groups excluding carboxylic acids is 3. The molecular formula is C25H32N3O5S+. The van der Waals surface area contributed by atoms with Crippen molar-refractivity contribution in [3.63, 3.8) is 0 Å². The fraction of sp³-hybridized carbons (Fsp3) is 0.520. The summed E-state index contributed by atoms with van der Waals surface area (Å²) < 4.78 is 12.0. The van der Waals surface area contributed by atoms with Gasteiger partial charge in [-0.05, 0) is 26.3 Å². The number of piperidine rings is 3. The van der Waals surface area contributed by atoms with Crippen LogP contribution in [0.5, 0.6) is 0 Å². The van der Waals surface area contributed by atoms with Crippen molar-refractivity contribution in [2.75, 3.05) is 26.2 Å². The lowest BCUT2D eigenvalue weighted by molar-refractivity contribution is -0.938. The Morgan fingerprint density at radius 2 is 1.88 bits per heavy atom. The van der Waals surface area contributed by atoms with Crippen LogP contribution in [0.2, 0.25) is 0 Å². The number of benzene rings is 1. The van der Waals surface area contributed by atoms with Gasteiger partial charge in [-0.2, -0.15) is 0 Å². The summed E-state index contributed by atoms with van der Waals surface area (Å²) in [5, 5.41) is 5.02. The van der Waals surface area contributed by atoms with E-state index in [4.69, 9.17) is 9.47 Å². The molecule has 3 fully saturated rings. The van der Waals surface area contributed by atoms with Crippen LogP contribution in [-0.4, -0.2) is 65.2 Å². The number of hydrogen-bond acceptors (Lipinski definition) is 7. The first-order valence-corrected chi connectivity index (χ1v) is 12.5. The maximum atomic E-state index is 13.3. The molecule has 2 bridgehead atoms. The molecule has 0 radical (unpaired) electrons. The van der Waals surface area contributed by atoms with E-state index in [1.54, 1.807) is 39.1 Å². The number of amides is 1. The fourth-order valence-electron chi connectivity index (χ4n) is 4.88. The molecule has 3 saturated heterocycles. The first kappa shape index (κ1) is 24.3. The minimum atomic E-state index is -0.975. The highest BCUT2D eigenvalue weighted by Gasteiger charge is 2.49. The number of carbonyl (C=O) groups is 3. The SMILES string of the molecule is CC(C)(C)OC(=O)NC(C(=O)O[C@H]1C[N+]2(CC(=O)c3nccs3)CCC1CC2)c1ccccc1. The summed E-state index contributed by atoms with van der Waals surface area (Å²) >= 11 is 1.36. The van der Waals surface area contributed by atoms with Crippen LogP contribution in [0.25, 0.3) is 0 Å². The molecule has 34 heavy (non-hydrogen) atoms. The number of Topliss-reactive ketones (excluding diaryl/α,β-unsaturated/α-hetero) is 1. The van der Waals surface area contributed by atoms with Gasteiger partial charge in [0.2, 0.25) is 5.78 Å². The summed E-state index contributed by atoms with van der Waals surface area (Å²) in [5.41, 5.74) is -0.0616. The monoisotopic (exact) mass is 486 g/mol. The molecule has 1 aromatic heterocycles. The predicted molar refractivity (Wildman–Crippen MR) is 127 cm³/mol. The quantitative estimate of drug-likeness (QED) is 0.364. The van der Waals surface area contributed by atoms with Gasteiger partial charge in [0.1, 0.15) is 18.7 Å². The third kappa shape index (κ3) is 5.82. The van der Waals surface area contributed by atoms with Gasteiger partial charge in [-0.1, -0.05) is 30.3 Å². The Balaban J connectivity index is 1.46. The minimum Gasteiger partial charge on any atom is -0.454 e. The largest absolute Gasteiger partial charge is 0.454 e. The average Bonchev–Trinajstić information content (AvgIpc) is 3.33. The molecule has 1 unspecified atom stereocenters.